The Kier molecular flexibility index (Phi) is 5.84. The fourth-order valence-corrected chi connectivity index (χ4v) is 4.17. The predicted molar refractivity (Wildman–Crippen MR) is 96.7 cm³/mol. The molecule has 135 valence electrons. The summed E-state index contributed by atoms with van der Waals surface area (Å²) in [5.74, 6) is -2.49. The summed E-state index contributed by atoms with van der Waals surface area (Å²) in [4.78, 5) is 37.0. The molecule has 0 amide bonds. The van der Waals surface area contributed by atoms with Gasteiger partial charge < -0.3 is 4.79 Å². The zero-order valence-electron chi connectivity index (χ0n) is 14.3. The number of Topliss-reactive ketones (excluding diaryl/α,β-unsaturated/α-hetero) is 1. The van der Waals surface area contributed by atoms with Crippen LogP contribution in [-0.4, -0.2) is 45.2 Å². The van der Waals surface area contributed by atoms with Crippen LogP contribution in [0.4, 0.5) is 0 Å². The quantitative estimate of drug-likeness (QED) is 0.517. The van der Waals surface area contributed by atoms with Gasteiger partial charge >= 0.3 is 0 Å². The highest BCUT2D eigenvalue weighted by molar-refractivity contribution is 7.91. The highest BCUT2D eigenvalue weighted by Gasteiger charge is 2.56. The van der Waals surface area contributed by atoms with E-state index < -0.39 is 26.5 Å². The zero-order valence-corrected chi connectivity index (χ0v) is 15.1. The smallest absolute Gasteiger partial charge is 0.238 e. The molecule has 2 atom stereocenters. The number of aldehydes is 1. The molecule has 0 saturated heterocycles. The molecular formula is C19H18NO5S. The van der Waals surface area contributed by atoms with Crippen LogP contribution in [0.5, 0.6) is 0 Å². The van der Waals surface area contributed by atoms with Gasteiger partial charge in [0, 0.05) is 14.1 Å². The molecule has 2 aromatic rings. The average molecular weight is 372 g/mol. The van der Waals surface area contributed by atoms with Gasteiger partial charge in [-0.15, -0.1) is 0 Å². The first-order valence-corrected chi connectivity index (χ1v) is 9.18. The van der Waals surface area contributed by atoms with Crippen LogP contribution in [0, 0.1) is 0 Å². The van der Waals surface area contributed by atoms with Crippen molar-refractivity contribution in [3.63, 3.8) is 0 Å². The lowest BCUT2D eigenvalue weighted by Gasteiger charge is -2.31. The molecule has 0 spiro atoms. The summed E-state index contributed by atoms with van der Waals surface area (Å²) in [6.45, 7) is 0. The first kappa shape index (κ1) is 19.7. The largest absolute Gasteiger partial charge is 0.302 e. The van der Waals surface area contributed by atoms with Crippen LogP contribution in [0.2, 0.25) is 0 Å². The molecule has 2 aromatic carbocycles. The second-order valence-electron chi connectivity index (χ2n) is 5.83. The van der Waals surface area contributed by atoms with E-state index in [1.807, 2.05) is 0 Å². The van der Waals surface area contributed by atoms with Crippen molar-refractivity contribution < 1.29 is 22.8 Å². The van der Waals surface area contributed by atoms with Crippen molar-refractivity contribution in [3.05, 3.63) is 71.8 Å². The minimum atomic E-state index is -4.46. The summed E-state index contributed by atoms with van der Waals surface area (Å²) in [6, 6.07) is 15.4. The van der Waals surface area contributed by atoms with Crippen molar-refractivity contribution in [2.45, 2.75) is 10.7 Å². The first-order chi connectivity index (χ1) is 12.3. The standard InChI is InChI=1S/C19H18NO5S/c1-20(2)26(24,25)19(14-22,16-11-7-4-8-12-16)18(23)17(13-21)15-9-5-3-6-10-15/h3-13,17H,1-2H3. The van der Waals surface area contributed by atoms with Gasteiger partial charge in [-0.3, -0.25) is 9.59 Å². The third-order valence-electron chi connectivity index (χ3n) is 4.12. The summed E-state index contributed by atoms with van der Waals surface area (Å²) in [7, 11) is -2.03. The lowest BCUT2D eigenvalue weighted by atomic mass is 9.84. The Morgan fingerprint density at radius 1 is 1.04 bits per heavy atom. The summed E-state index contributed by atoms with van der Waals surface area (Å²) in [6.07, 6.45) is 1.79. The van der Waals surface area contributed by atoms with Crippen molar-refractivity contribution in [3.8, 4) is 0 Å². The van der Waals surface area contributed by atoms with E-state index in [0.717, 1.165) is 4.31 Å². The van der Waals surface area contributed by atoms with E-state index in [4.69, 9.17) is 0 Å². The van der Waals surface area contributed by atoms with E-state index in [9.17, 15) is 22.8 Å². The molecule has 0 aliphatic rings. The fraction of sp³-hybridized carbons (Fsp3) is 0.211. The minimum absolute atomic E-state index is 0.0588. The number of sulfonamides is 1. The number of hydrogen-bond donors (Lipinski definition) is 0. The first-order valence-electron chi connectivity index (χ1n) is 7.74. The van der Waals surface area contributed by atoms with Crippen LogP contribution in [-0.2, 0) is 29.2 Å². The van der Waals surface area contributed by atoms with Crippen molar-refractivity contribution in [1.29, 1.82) is 0 Å². The molecule has 0 aliphatic heterocycles. The van der Waals surface area contributed by atoms with Gasteiger partial charge in [0.05, 0.1) is 0 Å². The Bertz CT molecular complexity index is 894. The number of carbonyl (C=O) groups excluding carboxylic acids is 3. The predicted octanol–water partition coefficient (Wildman–Crippen LogP) is 1.43. The van der Waals surface area contributed by atoms with Crippen LogP contribution in [0.15, 0.2) is 60.7 Å². The van der Waals surface area contributed by atoms with Gasteiger partial charge in [-0.1, -0.05) is 60.7 Å². The van der Waals surface area contributed by atoms with Crippen molar-refractivity contribution in [2.75, 3.05) is 14.1 Å². The molecule has 0 heterocycles. The molecule has 2 unspecified atom stereocenters. The van der Waals surface area contributed by atoms with Crippen LogP contribution >= 0.6 is 0 Å². The molecule has 26 heavy (non-hydrogen) atoms. The molecule has 1 radical (unpaired) electrons. The topological polar surface area (TPSA) is 88.6 Å². The van der Waals surface area contributed by atoms with Crippen molar-refractivity contribution >= 4 is 28.4 Å². The fourth-order valence-electron chi connectivity index (χ4n) is 2.70. The maximum atomic E-state index is 13.3. The number of rotatable bonds is 8. The second kappa shape index (κ2) is 7.72. The minimum Gasteiger partial charge on any atom is -0.302 e. The Morgan fingerprint density at radius 2 is 1.54 bits per heavy atom. The Hall–Kier alpha value is -2.64. The molecule has 0 saturated carbocycles. The van der Waals surface area contributed by atoms with Gasteiger partial charge in [0.1, 0.15) is 12.2 Å². The second-order valence-corrected chi connectivity index (χ2v) is 8.12. The summed E-state index contributed by atoms with van der Waals surface area (Å²) >= 11 is 0. The van der Waals surface area contributed by atoms with Crippen LogP contribution in [0.1, 0.15) is 17.0 Å². The summed E-state index contributed by atoms with van der Waals surface area (Å²) < 4.78 is 24.2. The van der Waals surface area contributed by atoms with Crippen molar-refractivity contribution in [1.82, 2.24) is 4.31 Å². The number of nitrogens with zero attached hydrogens (tertiary/aromatic N) is 1. The molecule has 7 heteroatoms. The molecule has 0 aromatic heterocycles. The van der Waals surface area contributed by atoms with E-state index in [1.54, 1.807) is 24.3 Å². The molecule has 0 N–H and O–H groups in total. The third-order valence-corrected chi connectivity index (χ3v) is 6.37. The Morgan fingerprint density at radius 3 is 1.96 bits per heavy atom. The number of benzene rings is 2. The maximum absolute atomic E-state index is 13.3. The Labute approximate surface area is 152 Å². The molecule has 2 rings (SSSR count). The van der Waals surface area contributed by atoms with E-state index in [2.05, 4.69) is 0 Å². The monoisotopic (exact) mass is 372 g/mol. The third kappa shape index (κ3) is 3.11. The highest BCUT2D eigenvalue weighted by atomic mass is 32.2. The van der Waals surface area contributed by atoms with Gasteiger partial charge in [-0.05, 0) is 11.1 Å². The SMILES string of the molecule is CN(C)S(=O)(=O)C([C]=O)(C(=O)C(C=O)c1ccccc1)c1ccccc1. The van der Waals surface area contributed by atoms with Gasteiger partial charge in [0.2, 0.25) is 21.1 Å². The maximum Gasteiger partial charge on any atom is 0.238 e. The molecule has 0 bridgehead atoms. The Balaban J connectivity index is 2.78. The number of carbonyl (C=O) groups is 2. The molecule has 0 fully saturated rings. The molecule has 6 nitrogen and oxygen atoms in total. The number of ketones is 1. The van der Waals surface area contributed by atoms with Crippen LogP contribution in [0.25, 0.3) is 0 Å². The van der Waals surface area contributed by atoms with E-state index in [0.29, 0.717) is 11.8 Å². The molecular weight excluding hydrogens is 354 g/mol. The lowest BCUT2D eigenvalue weighted by molar-refractivity contribution is -0.125. The normalized spacial score (nSPS) is 15.0. The number of hydrogen-bond acceptors (Lipinski definition) is 5. The summed E-state index contributed by atoms with van der Waals surface area (Å²) in [5.41, 5.74) is 0.244. The van der Waals surface area contributed by atoms with Crippen molar-refractivity contribution in [2.24, 2.45) is 0 Å². The van der Waals surface area contributed by atoms with Gasteiger partial charge in [-0.2, -0.15) is 0 Å². The van der Waals surface area contributed by atoms with Gasteiger partial charge in [0.15, 0.2) is 5.78 Å². The summed E-state index contributed by atoms with van der Waals surface area (Å²) in [5, 5.41) is 0. The highest BCUT2D eigenvalue weighted by Crippen LogP contribution is 2.36. The average Bonchev–Trinajstić information content (AvgIpc) is 2.65. The van der Waals surface area contributed by atoms with E-state index in [-0.39, 0.29) is 5.56 Å². The van der Waals surface area contributed by atoms with E-state index in [1.165, 1.54) is 56.8 Å². The van der Waals surface area contributed by atoms with E-state index >= 15 is 0 Å². The van der Waals surface area contributed by atoms with Gasteiger partial charge in [-0.25, -0.2) is 12.7 Å². The lowest BCUT2D eigenvalue weighted by Crippen LogP contribution is -2.52. The zero-order chi connectivity index (χ0) is 19.4. The van der Waals surface area contributed by atoms with Gasteiger partial charge in [0.25, 0.3) is 0 Å². The van der Waals surface area contributed by atoms with Crippen LogP contribution < -0.4 is 0 Å². The van der Waals surface area contributed by atoms with Crippen LogP contribution in [0.3, 0.4) is 0 Å². The molecule has 0 aliphatic carbocycles.